The van der Waals surface area contributed by atoms with Crippen LogP contribution in [0, 0.1) is 0 Å². The highest BCUT2D eigenvalue weighted by molar-refractivity contribution is 6.17. The van der Waals surface area contributed by atoms with Gasteiger partial charge in [-0.2, -0.15) is 0 Å². The Morgan fingerprint density at radius 3 is 2.15 bits per heavy atom. The molecule has 0 amide bonds. The molecule has 0 saturated carbocycles. The van der Waals surface area contributed by atoms with Crippen molar-refractivity contribution in [3.05, 3.63) is 76.6 Å². The van der Waals surface area contributed by atoms with E-state index in [9.17, 15) is 9.59 Å². The van der Waals surface area contributed by atoms with E-state index in [2.05, 4.69) is 37.8 Å². The van der Waals surface area contributed by atoms with Crippen molar-refractivity contribution >= 4 is 28.8 Å². The molecule has 5 nitrogen and oxygen atoms in total. The minimum Gasteiger partial charge on any atom is -0.460 e. The third-order valence-electron chi connectivity index (χ3n) is 6.83. The summed E-state index contributed by atoms with van der Waals surface area (Å²) in [7, 11) is 0. The van der Waals surface area contributed by atoms with Crippen molar-refractivity contribution in [2.45, 2.75) is 85.7 Å². The van der Waals surface area contributed by atoms with Gasteiger partial charge in [0.05, 0.1) is 17.2 Å². The lowest BCUT2D eigenvalue weighted by Gasteiger charge is -2.19. The summed E-state index contributed by atoms with van der Waals surface area (Å²) in [6, 6.07) is 12.9. The summed E-state index contributed by atoms with van der Waals surface area (Å²) in [5.41, 5.74) is 3.25. The van der Waals surface area contributed by atoms with Gasteiger partial charge in [0.15, 0.2) is 5.78 Å². The molecule has 0 aliphatic carbocycles. The Balaban J connectivity index is 1.83. The summed E-state index contributed by atoms with van der Waals surface area (Å²) in [6.45, 7) is 13.4. The number of rotatable bonds is 16. The second kappa shape index (κ2) is 15.4. The monoisotopic (exact) mass is 531 g/mol. The summed E-state index contributed by atoms with van der Waals surface area (Å²) in [5.74, 6) is 0.185. The fraction of sp³-hybridized carbons (Fsp3) is 0.471. The normalized spacial score (nSPS) is 11.8. The van der Waals surface area contributed by atoms with Crippen molar-refractivity contribution in [3.8, 4) is 0 Å². The molecule has 0 atom stereocenters. The van der Waals surface area contributed by atoms with Crippen LogP contribution in [0.5, 0.6) is 0 Å². The molecule has 0 aliphatic heterocycles. The van der Waals surface area contributed by atoms with E-state index in [0.29, 0.717) is 39.8 Å². The maximum atomic E-state index is 13.8. The quantitative estimate of drug-likeness (QED) is 0.137. The van der Waals surface area contributed by atoms with Crippen molar-refractivity contribution in [2.75, 3.05) is 19.6 Å². The number of nitrogens with zero attached hydrogens (tertiary/aromatic N) is 1. The van der Waals surface area contributed by atoms with Crippen molar-refractivity contribution < 1.29 is 18.7 Å². The number of fused-ring (bicyclic) bond motifs is 1. The largest absolute Gasteiger partial charge is 0.460 e. The Morgan fingerprint density at radius 1 is 0.897 bits per heavy atom. The van der Waals surface area contributed by atoms with Crippen LogP contribution in [0.15, 0.2) is 53.0 Å². The van der Waals surface area contributed by atoms with Crippen molar-refractivity contribution in [2.24, 2.45) is 0 Å². The molecular weight excluding hydrogens is 486 g/mol. The first-order valence-electron chi connectivity index (χ1n) is 14.7. The van der Waals surface area contributed by atoms with Gasteiger partial charge in [-0.05, 0) is 70.0 Å². The topological polar surface area (TPSA) is 59.8 Å². The molecular formula is C34H45NO4. The predicted molar refractivity (Wildman–Crippen MR) is 161 cm³/mol. The van der Waals surface area contributed by atoms with Crippen LogP contribution in [0.1, 0.15) is 111 Å². The maximum absolute atomic E-state index is 13.8. The number of ether oxygens (including phenoxy) is 1. The molecule has 0 bridgehead atoms. The molecule has 0 aliphatic rings. The average molecular weight is 532 g/mol. The number of hydrogen-bond acceptors (Lipinski definition) is 5. The van der Waals surface area contributed by atoms with E-state index in [0.717, 1.165) is 38.0 Å². The lowest BCUT2D eigenvalue weighted by atomic mass is 9.97. The summed E-state index contributed by atoms with van der Waals surface area (Å²) in [4.78, 5) is 28.8. The van der Waals surface area contributed by atoms with E-state index >= 15 is 0 Å². The zero-order valence-electron chi connectivity index (χ0n) is 24.4. The van der Waals surface area contributed by atoms with Gasteiger partial charge in [0.1, 0.15) is 11.3 Å². The van der Waals surface area contributed by atoms with Crippen LogP contribution in [0.4, 0.5) is 0 Å². The third-order valence-corrected chi connectivity index (χ3v) is 6.83. The highest BCUT2D eigenvalue weighted by Crippen LogP contribution is 2.31. The number of hydrogen-bond donors (Lipinski definition) is 0. The number of carbonyl (C=O) groups excluding carboxylic acids is 2. The number of unbranched alkanes of at least 4 members (excludes halogenated alkanes) is 3. The Kier molecular flexibility index (Phi) is 12.0. The fourth-order valence-corrected chi connectivity index (χ4v) is 4.61. The first-order valence-corrected chi connectivity index (χ1v) is 14.7. The Bertz CT molecular complexity index is 1230. The molecule has 0 radical (unpaired) electrons. The molecule has 3 aromatic rings. The fourth-order valence-electron chi connectivity index (χ4n) is 4.61. The molecule has 0 saturated heterocycles. The molecule has 210 valence electrons. The van der Waals surface area contributed by atoms with E-state index in [1.807, 2.05) is 38.1 Å². The van der Waals surface area contributed by atoms with E-state index in [-0.39, 0.29) is 11.9 Å². The number of carbonyl (C=O) groups is 2. The van der Waals surface area contributed by atoms with Gasteiger partial charge in [-0.25, -0.2) is 4.79 Å². The highest BCUT2D eigenvalue weighted by Gasteiger charge is 2.23. The second-order valence-electron chi connectivity index (χ2n) is 10.5. The molecule has 0 spiro atoms. The number of furan rings is 1. The molecule has 2 aromatic carbocycles. The predicted octanol–water partition coefficient (Wildman–Crippen LogP) is 8.49. The van der Waals surface area contributed by atoms with Crippen LogP contribution in [0.3, 0.4) is 0 Å². The summed E-state index contributed by atoms with van der Waals surface area (Å²) >= 11 is 0. The molecule has 0 N–H and O–H groups in total. The lowest BCUT2D eigenvalue weighted by molar-refractivity contribution is 0.0378. The number of aryl methyl sites for hydroxylation is 1. The van der Waals surface area contributed by atoms with Crippen LogP contribution >= 0.6 is 0 Å². The van der Waals surface area contributed by atoms with E-state index in [1.165, 1.54) is 25.7 Å². The Morgan fingerprint density at radius 2 is 1.54 bits per heavy atom. The van der Waals surface area contributed by atoms with Gasteiger partial charge < -0.3 is 9.15 Å². The zero-order valence-corrected chi connectivity index (χ0v) is 24.4. The second-order valence-corrected chi connectivity index (χ2v) is 10.5. The standard InChI is InChI=1S/C34H45NO4/c1-6-9-14-31-32(29-24-28(19-20-30(29)39-31)34(37)38-25(4)5)33(36)27-17-15-26(16-18-27)13-12-23-35(21-10-7-2)22-11-8-3/h12-13,15-20,24-25H,6-11,14,21-23H2,1-5H3/b13-12-. The van der Waals surface area contributed by atoms with E-state index in [4.69, 9.17) is 9.15 Å². The first kappa shape index (κ1) is 30.4. The summed E-state index contributed by atoms with van der Waals surface area (Å²) in [6.07, 6.45) is 11.6. The van der Waals surface area contributed by atoms with Gasteiger partial charge in [-0.3, -0.25) is 9.69 Å². The minimum absolute atomic E-state index is 0.0879. The van der Waals surface area contributed by atoms with Crippen molar-refractivity contribution in [3.63, 3.8) is 0 Å². The van der Waals surface area contributed by atoms with Gasteiger partial charge in [0.2, 0.25) is 0 Å². The molecule has 3 rings (SSSR count). The number of esters is 1. The molecule has 5 heteroatoms. The third kappa shape index (κ3) is 8.66. The van der Waals surface area contributed by atoms with Crippen LogP contribution < -0.4 is 0 Å². The van der Waals surface area contributed by atoms with Crippen LogP contribution in [-0.4, -0.2) is 42.4 Å². The molecule has 0 fully saturated rings. The van der Waals surface area contributed by atoms with Crippen molar-refractivity contribution in [1.82, 2.24) is 4.90 Å². The van der Waals surface area contributed by atoms with Crippen LogP contribution in [0.2, 0.25) is 0 Å². The minimum atomic E-state index is -0.402. The highest BCUT2D eigenvalue weighted by atomic mass is 16.5. The van der Waals surface area contributed by atoms with E-state index < -0.39 is 5.97 Å². The molecule has 1 heterocycles. The smallest absolute Gasteiger partial charge is 0.338 e. The van der Waals surface area contributed by atoms with Gasteiger partial charge in [0, 0.05) is 23.9 Å². The molecule has 1 aromatic heterocycles. The van der Waals surface area contributed by atoms with Gasteiger partial charge in [-0.15, -0.1) is 0 Å². The Hall–Kier alpha value is -3.18. The van der Waals surface area contributed by atoms with Crippen molar-refractivity contribution in [1.29, 1.82) is 0 Å². The van der Waals surface area contributed by atoms with E-state index in [1.54, 1.807) is 18.2 Å². The van der Waals surface area contributed by atoms with Crippen LogP contribution in [0.25, 0.3) is 17.0 Å². The average Bonchev–Trinajstić information content (AvgIpc) is 3.30. The lowest BCUT2D eigenvalue weighted by Crippen LogP contribution is -2.26. The van der Waals surface area contributed by atoms with Gasteiger partial charge in [0.25, 0.3) is 0 Å². The SMILES string of the molecule is CCCCc1oc2ccc(C(=O)OC(C)C)cc2c1C(=O)c1ccc(/C=C\CN(CCCC)CCCC)cc1. The van der Waals surface area contributed by atoms with Crippen LogP contribution in [-0.2, 0) is 11.2 Å². The first-order chi connectivity index (χ1) is 18.9. The van der Waals surface area contributed by atoms with Gasteiger partial charge >= 0.3 is 5.97 Å². The zero-order chi connectivity index (χ0) is 28.2. The Labute approximate surface area is 234 Å². The maximum Gasteiger partial charge on any atom is 0.338 e. The van der Waals surface area contributed by atoms with Gasteiger partial charge in [-0.1, -0.05) is 76.5 Å². The summed E-state index contributed by atoms with van der Waals surface area (Å²) in [5, 5.41) is 0.660. The number of benzene rings is 2. The molecule has 0 unspecified atom stereocenters. The number of ketones is 1. The summed E-state index contributed by atoms with van der Waals surface area (Å²) < 4.78 is 11.5. The molecule has 39 heavy (non-hydrogen) atoms.